The second-order valence-corrected chi connectivity index (χ2v) is 5.53. The quantitative estimate of drug-likeness (QED) is 0.743. The zero-order valence-electron chi connectivity index (χ0n) is 11.2. The minimum absolute atomic E-state index is 0.435. The molecular weight excluding hydrogens is 295 g/mol. The summed E-state index contributed by atoms with van der Waals surface area (Å²) in [5.74, 6) is 0. The minimum Gasteiger partial charge on any atom is -0.365 e. The van der Waals surface area contributed by atoms with Crippen LogP contribution < -0.4 is 0 Å². The molecule has 1 aromatic carbocycles. The normalized spacial score (nSPS) is 13.9. The molecule has 0 aliphatic rings. The molecule has 0 aliphatic heterocycles. The van der Waals surface area contributed by atoms with Crippen LogP contribution in [0.3, 0.4) is 0 Å². The number of ether oxygens (including phenoxy) is 1. The van der Waals surface area contributed by atoms with Gasteiger partial charge in [-0.3, -0.25) is 0 Å². The van der Waals surface area contributed by atoms with Crippen LogP contribution in [0.1, 0.15) is 12.5 Å². The van der Waals surface area contributed by atoms with Crippen LogP contribution in [0.4, 0.5) is 0 Å². The fourth-order valence-corrected chi connectivity index (χ4v) is 2.71. The predicted molar refractivity (Wildman–Crippen MR) is 82.2 cm³/mol. The number of nitrogens with zero attached hydrogens (tertiary/aromatic N) is 2. The smallest absolute Gasteiger partial charge is 0.110 e. The first-order chi connectivity index (χ1) is 9.55. The Labute approximate surface area is 128 Å². The van der Waals surface area contributed by atoms with Crippen molar-refractivity contribution in [2.45, 2.75) is 19.1 Å². The van der Waals surface area contributed by atoms with Crippen molar-refractivity contribution in [3.8, 4) is 0 Å². The number of halogens is 2. The Bertz CT molecular complexity index is 584. The molecule has 1 atom stereocenters. The standard InChI is InChI=1S/C15H16Cl2N2O/c1-3-8-20-15(2,10-19-7-6-18-11-19)13-5-4-12(16)9-14(13)17/h3-7,9,11H,1,8,10H2,2H3. The van der Waals surface area contributed by atoms with Gasteiger partial charge in [0.05, 0.1) is 19.5 Å². The van der Waals surface area contributed by atoms with Crippen molar-refractivity contribution in [3.63, 3.8) is 0 Å². The first kappa shape index (κ1) is 15.1. The zero-order valence-corrected chi connectivity index (χ0v) is 12.7. The molecule has 0 fully saturated rings. The van der Waals surface area contributed by atoms with Gasteiger partial charge in [-0.25, -0.2) is 4.98 Å². The molecule has 0 radical (unpaired) electrons. The van der Waals surface area contributed by atoms with Gasteiger partial charge in [0.1, 0.15) is 5.60 Å². The molecule has 2 rings (SSSR count). The third-order valence-corrected chi connectivity index (χ3v) is 3.61. The van der Waals surface area contributed by atoms with E-state index < -0.39 is 5.60 Å². The minimum atomic E-state index is -0.587. The number of rotatable bonds is 6. The van der Waals surface area contributed by atoms with E-state index in [0.717, 1.165) is 5.56 Å². The largest absolute Gasteiger partial charge is 0.365 e. The Morgan fingerprint density at radius 2 is 2.25 bits per heavy atom. The van der Waals surface area contributed by atoms with E-state index in [1.807, 2.05) is 29.8 Å². The van der Waals surface area contributed by atoms with Gasteiger partial charge >= 0.3 is 0 Å². The maximum Gasteiger partial charge on any atom is 0.110 e. The van der Waals surface area contributed by atoms with E-state index >= 15 is 0 Å². The van der Waals surface area contributed by atoms with Crippen LogP contribution in [0, 0.1) is 0 Å². The summed E-state index contributed by atoms with van der Waals surface area (Å²) in [5.41, 5.74) is 0.301. The van der Waals surface area contributed by atoms with Gasteiger partial charge in [-0.1, -0.05) is 35.3 Å². The van der Waals surface area contributed by atoms with Gasteiger partial charge in [0, 0.05) is 28.0 Å². The summed E-state index contributed by atoms with van der Waals surface area (Å²) in [4.78, 5) is 4.05. The highest BCUT2D eigenvalue weighted by molar-refractivity contribution is 6.35. The highest BCUT2D eigenvalue weighted by Gasteiger charge is 2.30. The Kier molecular flexibility index (Phi) is 4.86. The van der Waals surface area contributed by atoms with Gasteiger partial charge in [0.25, 0.3) is 0 Å². The average Bonchev–Trinajstić information content (AvgIpc) is 2.88. The van der Waals surface area contributed by atoms with Gasteiger partial charge in [0.2, 0.25) is 0 Å². The molecule has 20 heavy (non-hydrogen) atoms. The summed E-state index contributed by atoms with van der Waals surface area (Å²) in [6.45, 7) is 6.72. The first-order valence-electron chi connectivity index (χ1n) is 6.21. The van der Waals surface area contributed by atoms with Crippen LogP contribution in [0.25, 0.3) is 0 Å². The molecule has 0 saturated heterocycles. The zero-order chi connectivity index (χ0) is 14.6. The number of benzene rings is 1. The SMILES string of the molecule is C=CCOC(C)(Cn1ccnc1)c1ccc(Cl)cc1Cl. The fraction of sp³-hybridized carbons (Fsp3) is 0.267. The van der Waals surface area contributed by atoms with E-state index in [0.29, 0.717) is 23.2 Å². The van der Waals surface area contributed by atoms with Crippen molar-refractivity contribution in [2.24, 2.45) is 0 Å². The lowest BCUT2D eigenvalue weighted by Crippen LogP contribution is -2.31. The van der Waals surface area contributed by atoms with Gasteiger partial charge in [0.15, 0.2) is 0 Å². The van der Waals surface area contributed by atoms with Crippen molar-refractivity contribution in [1.82, 2.24) is 9.55 Å². The molecule has 1 unspecified atom stereocenters. The lowest BCUT2D eigenvalue weighted by molar-refractivity contribution is -0.0340. The maximum atomic E-state index is 6.32. The van der Waals surface area contributed by atoms with Crippen LogP contribution in [0.2, 0.25) is 10.0 Å². The van der Waals surface area contributed by atoms with Crippen LogP contribution in [0.15, 0.2) is 49.6 Å². The third-order valence-electron chi connectivity index (χ3n) is 3.06. The molecular formula is C15H16Cl2N2O. The van der Waals surface area contributed by atoms with Gasteiger partial charge in [-0.05, 0) is 19.1 Å². The van der Waals surface area contributed by atoms with Crippen molar-refractivity contribution < 1.29 is 4.74 Å². The summed E-state index contributed by atoms with van der Waals surface area (Å²) in [5, 5.41) is 1.19. The van der Waals surface area contributed by atoms with Crippen molar-refractivity contribution in [2.75, 3.05) is 6.61 Å². The second kappa shape index (κ2) is 6.44. The molecule has 0 amide bonds. The van der Waals surface area contributed by atoms with Gasteiger partial charge < -0.3 is 9.30 Å². The molecule has 0 bridgehead atoms. The number of hydrogen-bond donors (Lipinski definition) is 0. The molecule has 1 aromatic heterocycles. The summed E-state index contributed by atoms with van der Waals surface area (Å²) in [6, 6.07) is 5.43. The molecule has 0 aliphatic carbocycles. The summed E-state index contributed by atoms with van der Waals surface area (Å²) < 4.78 is 7.92. The van der Waals surface area contributed by atoms with Crippen LogP contribution in [-0.4, -0.2) is 16.2 Å². The first-order valence-corrected chi connectivity index (χ1v) is 6.97. The van der Waals surface area contributed by atoms with Crippen LogP contribution >= 0.6 is 23.2 Å². The van der Waals surface area contributed by atoms with Crippen molar-refractivity contribution in [3.05, 3.63) is 65.2 Å². The monoisotopic (exact) mass is 310 g/mol. The van der Waals surface area contributed by atoms with Crippen molar-refractivity contribution >= 4 is 23.2 Å². The lowest BCUT2D eigenvalue weighted by Gasteiger charge is -2.31. The highest BCUT2D eigenvalue weighted by atomic mass is 35.5. The van der Waals surface area contributed by atoms with E-state index in [2.05, 4.69) is 11.6 Å². The topological polar surface area (TPSA) is 27.1 Å². The lowest BCUT2D eigenvalue weighted by atomic mass is 9.95. The molecule has 2 aromatic rings. The maximum absolute atomic E-state index is 6.32. The summed E-state index contributed by atoms with van der Waals surface area (Å²) in [6.07, 6.45) is 7.09. The summed E-state index contributed by atoms with van der Waals surface area (Å²) >= 11 is 12.3. The molecule has 0 spiro atoms. The number of hydrogen-bond acceptors (Lipinski definition) is 2. The van der Waals surface area contributed by atoms with E-state index in [1.54, 1.807) is 24.7 Å². The van der Waals surface area contributed by atoms with Crippen molar-refractivity contribution in [1.29, 1.82) is 0 Å². The number of aromatic nitrogens is 2. The second-order valence-electron chi connectivity index (χ2n) is 4.69. The molecule has 1 heterocycles. The number of imidazole rings is 1. The van der Waals surface area contributed by atoms with Gasteiger partial charge in [-0.2, -0.15) is 0 Å². The summed E-state index contributed by atoms with van der Waals surface area (Å²) in [7, 11) is 0. The molecule has 5 heteroatoms. The van der Waals surface area contributed by atoms with E-state index in [4.69, 9.17) is 27.9 Å². The average molecular weight is 311 g/mol. The Morgan fingerprint density at radius 1 is 1.45 bits per heavy atom. The highest BCUT2D eigenvalue weighted by Crippen LogP contribution is 2.34. The Balaban J connectivity index is 2.36. The molecule has 0 saturated carbocycles. The fourth-order valence-electron chi connectivity index (χ4n) is 2.10. The molecule has 0 N–H and O–H groups in total. The molecule has 106 valence electrons. The van der Waals surface area contributed by atoms with Crippen LogP contribution in [0.5, 0.6) is 0 Å². The Hall–Kier alpha value is -1.29. The van der Waals surface area contributed by atoms with E-state index in [1.165, 1.54) is 0 Å². The molecule has 3 nitrogen and oxygen atoms in total. The third kappa shape index (κ3) is 3.42. The van der Waals surface area contributed by atoms with Gasteiger partial charge in [-0.15, -0.1) is 6.58 Å². The van der Waals surface area contributed by atoms with E-state index in [9.17, 15) is 0 Å². The van der Waals surface area contributed by atoms with E-state index in [-0.39, 0.29) is 0 Å². The Morgan fingerprint density at radius 3 is 2.85 bits per heavy atom. The predicted octanol–water partition coefficient (Wildman–Crippen LogP) is 4.31. The van der Waals surface area contributed by atoms with Crippen LogP contribution in [-0.2, 0) is 16.9 Å².